The molecule has 9 nitrogen and oxygen atoms in total. The summed E-state index contributed by atoms with van der Waals surface area (Å²) in [6.07, 6.45) is 1.10. The number of nitrogens with one attached hydrogen (secondary N) is 2. The Kier molecular flexibility index (Phi) is 6.13. The molecular weight excluding hydrogens is 424 g/mol. The summed E-state index contributed by atoms with van der Waals surface area (Å²) >= 11 is 0. The van der Waals surface area contributed by atoms with Crippen LogP contribution in [-0.2, 0) is 19.1 Å². The van der Waals surface area contributed by atoms with Crippen molar-refractivity contribution in [1.29, 1.82) is 0 Å². The third-order valence-electron chi connectivity index (χ3n) is 7.66. The number of ether oxygens (including phenoxy) is 1. The number of carbonyl (C=O) groups excluding carboxylic acids is 3. The number of hydrogen-bond acceptors (Lipinski definition) is 6. The summed E-state index contributed by atoms with van der Waals surface area (Å²) < 4.78 is 6.43. The molecule has 1 aromatic rings. The van der Waals surface area contributed by atoms with Crippen LogP contribution in [-0.4, -0.2) is 78.3 Å². The first-order valence-corrected chi connectivity index (χ1v) is 11.7. The molecule has 180 valence electrons. The first kappa shape index (κ1) is 23.5. The number of anilines is 2. The zero-order valence-electron chi connectivity index (χ0n) is 19.8. The van der Waals surface area contributed by atoms with Gasteiger partial charge in [-0.1, -0.05) is 0 Å². The van der Waals surface area contributed by atoms with E-state index >= 15 is 0 Å². The van der Waals surface area contributed by atoms with Gasteiger partial charge in [-0.2, -0.15) is 0 Å². The number of likely N-dealkylation sites (tertiary alicyclic amines) is 1. The summed E-state index contributed by atoms with van der Waals surface area (Å²) in [5.41, 5.74) is -0.193. The molecule has 0 radical (unpaired) electrons. The number of aliphatic hydroxyl groups is 1. The summed E-state index contributed by atoms with van der Waals surface area (Å²) in [6, 6.07) is 6.68. The van der Waals surface area contributed by atoms with Crippen LogP contribution >= 0.6 is 0 Å². The number of amides is 3. The van der Waals surface area contributed by atoms with Gasteiger partial charge in [0.25, 0.3) is 0 Å². The van der Waals surface area contributed by atoms with Crippen LogP contribution in [0.25, 0.3) is 0 Å². The van der Waals surface area contributed by atoms with Crippen molar-refractivity contribution in [2.75, 3.05) is 43.5 Å². The lowest BCUT2D eigenvalue weighted by Crippen LogP contribution is -2.53. The number of hydrogen-bond donors (Lipinski definition) is 3. The minimum atomic E-state index is -1.08. The largest absolute Gasteiger partial charge is 0.395 e. The molecule has 3 heterocycles. The molecule has 0 saturated carbocycles. The van der Waals surface area contributed by atoms with Crippen LogP contribution < -0.4 is 15.5 Å². The molecular formula is C24H34N4O5. The van der Waals surface area contributed by atoms with E-state index in [1.807, 2.05) is 31.2 Å². The molecule has 0 aromatic heterocycles. The maximum Gasteiger partial charge on any atom is 0.250 e. The van der Waals surface area contributed by atoms with Gasteiger partial charge >= 0.3 is 0 Å². The highest BCUT2D eigenvalue weighted by atomic mass is 16.5. The fourth-order valence-electron chi connectivity index (χ4n) is 6.19. The molecule has 3 fully saturated rings. The number of β-amino-alcohol motifs (C(OH)–C–C–N with tert-alkyl or cyclic N) is 1. The maximum atomic E-state index is 13.6. The molecule has 4 rings (SSSR count). The lowest BCUT2D eigenvalue weighted by molar-refractivity contribution is -0.144. The van der Waals surface area contributed by atoms with Gasteiger partial charge in [-0.05, 0) is 57.9 Å². The highest BCUT2D eigenvalue weighted by molar-refractivity contribution is 6.03. The molecule has 3 aliphatic rings. The summed E-state index contributed by atoms with van der Waals surface area (Å²) in [5, 5.41) is 15.2. The van der Waals surface area contributed by atoms with Crippen molar-refractivity contribution >= 4 is 29.1 Å². The van der Waals surface area contributed by atoms with E-state index < -0.39 is 29.1 Å². The minimum Gasteiger partial charge on any atom is -0.395 e. The Morgan fingerprint density at radius 2 is 1.85 bits per heavy atom. The lowest BCUT2D eigenvalue weighted by Gasteiger charge is -2.33. The summed E-state index contributed by atoms with van der Waals surface area (Å²) in [4.78, 5) is 43.4. The van der Waals surface area contributed by atoms with Gasteiger partial charge in [-0.25, -0.2) is 0 Å². The summed E-state index contributed by atoms with van der Waals surface area (Å²) in [6.45, 7) is 7.53. The number of carbonyl (C=O) groups is 3. The quantitative estimate of drug-likeness (QED) is 0.536. The van der Waals surface area contributed by atoms with Crippen LogP contribution in [0, 0.1) is 11.8 Å². The van der Waals surface area contributed by atoms with Gasteiger partial charge < -0.3 is 30.3 Å². The first-order chi connectivity index (χ1) is 15.8. The van der Waals surface area contributed by atoms with Gasteiger partial charge in [0.05, 0.1) is 24.0 Å². The molecule has 3 saturated heterocycles. The van der Waals surface area contributed by atoms with Gasteiger partial charge in [0.1, 0.15) is 11.6 Å². The molecule has 33 heavy (non-hydrogen) atoms. The van der Waals surface area contributed by atoms with Gasteiger partial charge in [0, 0.05) is 38.1 Å². The van der Waals surface area contributed by atoms with Crippen molar-refractivity contribution in [2.45, 2.75) is 50.9 Å². The zero-order valence-corrected chi connectivity index (χ0v) is 19.8. The number of aliphatic hydroxyl groups excluding tert-OH is 1. The molecule has 3 amide bonds. The van der Waals surface area contributed by atoms with E-state index in [-0.39, 0.29) is 30.9 Å². The topological polar surface area (TPSA) is 111 Å². The summed E-state index contributed by atoms with van der Waals surface area (Å²) in [5.74, 6) is -2.34. The van der Waals surface area contributed by atoms with Crippen molar-refractivity contribution in [1.82, 2.24) is 10.2 Å². The third-order valence-corrected chi connectivity index (χ3v) is 7.66. The van der Waals surface area contributed by atoms with E-state index in [1.54, 1.807) is 7.05 Å². The van der Waals surface area contributed by atoms with E-state index in [9.17, 15) is 19.5 Å². The normalized spacial score (nSPS) is 32.1. The molecule has 3 N–H and O–H groups in total. The Balaban J connectivity index is 1.64. The predicted molar refractivity (Wildman–Crippen MR) is 124 cm³/mol. The highest BCUT2D eigenvalue weighted by Crippen LogP contribution is 2.63. The third kappa shape index (κ3) is 3.49. The van der Waals surface area contributed by atoms with Crippen molar-refractivity contribution in [2.24, 2.45) is 11.8 Å². The van der Waals surface area contributed by atoms with Crippen LogP contribution in [0.1, 0.15) is 33.6 Å². The van der Waals surface area contributed by atoms with E-state index in [0.717, 1.165) is 18.8 Å². The van der Waals surface area contributed by atoms with Crippen LogP contribution in [0.5, 0.6) is 0 Å². The van der Waals surface area contributed by atoms with Gasteiger partial charge in [0.2, 0.25) is 17.7 Å². The van der Waals surface area contributed by atoms with Crippen LogP contribution in [0.2, 0.25) is 0 Å². The second-order valence-electron chi connectivity index (χ2n) is 9.31. The standard InChI is InChI=1S/C24H34N4O5/c1-5-27(6-2)16-9-7-15(8-10-16)26-21(31)19-24-12-11-23(3,33-24)17(20(30)25-4)18(24)22(32)28(19)13-14-29/h7-10,17-19,29H,5-6,11-14H2,1-4H3,(H,25,30)(H,26,31)/t17-,18-,19?,23+,24?/m0/s1. The Morgan fingerprint density at radius 1 is 1.18 bits per heavy atom. The molecule has 3 aliphatic heterocycles. The van der Waals surface area contributed by atoms with Crippen LogP contribution in [0.15, 0.2) is 24.3 Å². The maximum absolute atomic E-state index is 13.6. The van der Waals surface area contributed by atoms with Crippen LogP contribution in [0.3, 0.4) is 0 Å². The molecule has 5 atom stereocenters. The average molecular weight is 459 g/mol. The molecule has 0 aliphatic carbocycles. The van der Waals surface area contributed by atoms with E-state index in [2.05, 4.69) is 29.4 Å². The Labute approximate surface area is 194 Å². The second kappa shape index (κ2) is 8.61. The first-order valence-electron chi connectivity index (χ1n) is 11.7. The fraction of sp³-hybridized carbons (Fsp3) is 0.625. The average Bonchev–Trinajstić information content (AvgIpc) is 3.36. The van der Waals surface area contributed by atoms with Crippen molar-refractivity contribution in [3.63, 3.8) is 0 Å². The lowest BCUT2D eigenvalue weighted by atomic mass is 9.66. The molecule has 1 spiro atoms. The Hall–Kier alpha value is -2.65. The van der Waals surface area contributed by atoms with Gasteiger partial charge in [0.15, 0.2) is 0 Å². The van der Waals surface area contributed by atoms with Gasteiger partial charge in [-0.3, -0.25) is 14.4 Å². The minimum absolute atomic E-state index is 0.0105. The zero-order chi connectivity index (χ0) is 24.0. The highest BCUT2D eigenvalue weighted by Gasteiger charge is 2.77. The molecule has 2 bridgehead atoms. The van der Waals surface area contributed by atoms with Crippen molar-refractivity contribution in [3.05, 3.63) is 24.3 Å². The van der Waals surface area contributed by atoms with Crippen molar-refractivity contribution < 1.29 is 24.2 Å². The number of nitrogens with zero attached hydrogens (tertiary/aromatic N) is 2. The second-order valence-corrected chi connectivity index (χ2v) is 9.31. The fourth-order valence-corrected chi connectivity index (χ4v) is 6.19. The van der Waals surface area contributed by atoms with Crippen molar-refractivity contribution in [3.8, 4) is 0 Å². The Bertz CT molecular complexity index is 933. The molecule has 2 unspecified atom stereocenters. The number of rotatable bonds is 8. The van der Waals surface area contributed by atoms with E-state index in [4.69, 9.17) is 4.74 Å². The number of fused-ring (bicyclic) bond motifs is 1. The Morgan fingerprint density at radius 3 is 2.42 bits per heavy atom. The summed E-state index contributed by atoms with van der Waals surface area (Å²) in [7, 11) is 1.54. The molecule has 9 heteroatoms. The smallest absolute Gasteiger partial charge is 0.250 e. The monoisotopic (exact) mass is 458 g/mol. The number of benzene rings is 1. The van der Waals surface area contributed by atoms with Crippen LogP contribution in [0.4, 0.5) is 11.4 Å². The van der Waals surface area contributed by atoms with E-state index in [1.165, 1.54) is 4.90 Å². The van der Waals surface area contributed by atoms with Gasteiger partial charge in [-0.15, -0.1) is 0 Å². The SMILES string of the molecule is CCN(CC)c1ccc(NC(=O)C2N(CCO)C(=O)[C@@H]3[C@@H](C(=O)NC)[C@@]4(C)CCC23O4)cc1. The molecule has 1 aromatic carbocycles. The predicted octanol–water partition coefficient (Wildman–Crippen LogP) is 0.974. The van der Waals surface area contributed by atoms with E-state index in [0.29, 0.717) is 18.5 Å².